The van der Waals surface area contributed by atoms with Crippen LogP contribution in [0.25, 0.3) is 75.1 Å². The number of nitrogens with zero attached hydrogens (tertiary/aromatic N) is 2. The van der Waals surface area contributed by atoms with Crippen molar-refractivity contribution in [2.24, 2.45) is 0 Å². The van der Waals surface area contributed by atoms with Gasteiger partial charge in [0, 0.05) is 81.1 Å². The molecule has 0 saturated heterocycles. The number of aryl methyl sites for hydroxylation is 4. The molecule has 12 aromatic rings. The van der Waals surface area contributed by atoms with E-state index in [0.29, 0.717) is 0 Å². The van der Waals surface area contributed by atoms with Crippen molar-refractivity contribution in [3.05, 3.63) is 237 Å². The molecule has 0 bridgehead atoms. The molecule has 0 amide bonds. The maximum absolute atomic E-state index is 14.7. The molecule has 0 saturated carbocycles. The van der Waals surface area contributed by atoms with Gasteiger partial charge in [-0.1, -0.05) is 201 Å². The molecule has 98 heavy (non-hydrogen) atoms. The van der Waals surface area contributed by atoms with Gasteiger partial charge in [-0.3, -0.25) is 4.79 Å². The van der Waals surface area contributed by atoms with Crippen molar-refractivity contribution >= 4 is 109 Å². The number of ketones is 1. The summed E-state index contributed by atoms with van der Waals surface area (Å²) in [5, 5.41) is 0. The van der Waals surface area contributed by atoms with Gasteiger partial charge in [-0.05, 0) is 240 Å². The minimum atomic E-state index is 0.0791. The highest BCUT2D eigenvalue weighted by molar-refractivity contribution is 8.00. The van der Waals surface area contributed by atoms with Gasteiger partial charge in [0.05, 0.1) is 22.7 Å². The lowest BCUT2D eigenvalue weighted by Crippen LogP contribution is -2.15. The molecule has 0 spiro atoms. The van der Waals surface area contributed by atoms with E-state index in [1.165, 1.54) is 206 Å². The molecule has 8 aromatic carbocycles. The largest absolute Gasteiger partial charge is 0.308 e. The summed E-state index contributed by atoms with van der Waals surface area (Å²) in [6, 6.07) is 77.9. The molecule has 1 aliphatic carbocycles. The van der Waals surface area contributed by atoms with Crippen molar-refractivity contribution in [2.45, 2.75) is 176 Å². The van der Waals surface area contributed by atoms with Crippen LogP contribution in [0.2, 0.25) is 0 Å². The first-order chi connectivity index (χ1) is 48.3. The van der Waals surface area contributed by atoms with Crippen LogP contribution in [0.15, 0.2) is 226 Å². The third kappa shape index (κ3) is 14.2. The number of benzene rings is 8. The van der Waals surface area contributed by atoms with Crippen molar-refractivity contribution < 1.29 is 4.79 Å². The van der Waals surface area contributed by atoms with Crippen LogP contribution in [-0.2, 0) is 25.7 Å². The Morgan fingerprint density at radius 1 is 0.255 bits per heavy atom. The second-order valence-electron chi connectivity index (χ2n) is 26.9. The molecular weight excluding hydrogens is 1310 g/mol. The average Bonchev–Trinajstić information content (AvgIpc) is 1.10. The van der Waals surface area contributed by atoms with Gasteiger partial charge in [0.15, 0.2) is 5.78 Å². The number of hydrogen-bond donors (Lipinski definition) is 0. The van der Waals surface area contributed by atoms with Gasteiger partial charge < -0.3 is 9.80 Å². The van der Waals surface area contributed by atoms with Crippen LogP contribution in [0, 0.1) is 0 Å². The van der Waals surface area contributed by atoms with Crippen LogP contribution in [0.5, 0.6) is 0 Å². The van der Waals surface area contributed by atoms with E-state index in [-0.39, 0.29) is 5.78 Å². The fourth-order valence-electron chi connectivity index (χ4n) is 14.4. The number of rotatable bonds is 28. The molecule has 0 atom stereocenters. The molecule has 0 unspecified atom stereocenters. The smallest absolute Gasteiger partial charge is 0.194 e. The summed E-state index contributed by atoms with van der Waals surface area (Å²) in [4.78, 5) is 35.9. The maximum Gasteiger partial charge on any atom is 0.194 e. The zero-order valence-corrected chi connectivity index (χ0v) is 61.9. The lowest BCUT2D eigenvalue weighted by molar-refractivity contribution is 0.104. The maximum atomic E-state index is 14.7. The van der Waals surface area contributed by atoms with Crippen molar-refractivity contribution in [3.8, 4) is 75.1 Å². The van der Waals surface area contributed by atoms with Crippen LogP contribution >= 0.6 is 68.9 Å². The minimum Gasteiger partial charge on any atom is -0.308 e. The zero-order chi connectivity index (χ0) is 66.5. The van der Waals surface area contributed by atoms with Gasteiger partial charge in [-0.15, -0.1) is 45.3 Å². The number of thiophene rings is 4. The van der Waals surface area contributed by atoms with Gasteiger partial charge in [0.2, 0.25) is 0 Å². The van der Waals surface area contributed by atoms with Crippen LogP contribution in [0.4, 0.5) is 34.1 Å². The fraction of sp³-hybridized carbons (Fsp3) is 0.270. The summed E-state index contributed by atoms with van der Waals surface area (Å²) >= 11 is 11.6. The Balaban J connectivity index is 0.684. The van der Waals surface area contributed by atoms with Crippen molar-refractivity contribution in [1.82, 2.24) is 0 Å². The first-order valence-corrected chi connectivity index (χ1v) is 41.1. The average molecular weight is 1390 g/mol. The van der Waals surface area contributed by atoms with Gasteiger partial charge in [-0.2, -0.15) is 0 Å². The SMILES string of the molecule is CCCCCCc1ccc(-c2ccc3c(c2)Sc2cc(-c4ccc(CCCCCC)s4)ccc2N3c2ccc(-c3ccc4c(c3)C(=O)c3cc(-c5ccc(N6c7ccc(-c8ccc(CCCCCC)s8)cc7Sc7cc(-c8ccc(CCCCCC)s8)ccc76)cc5)ccc3-4)cc2)s1. The molecule has 6 heterocycles. The Morgan fingerprint density at radius 3 is 0.816 bits per heavy atom. The number of carbonyl (C=O) groups excluding carboxylic acids is 1. The monoisotopic (exact) mass is 1390 g/mol. The number of carbonyl (C=O) groups is 1. The molecule has 4 aromatic heterocycles. The number of anilines is 6. The molecule has 0 N–H and O–H groups in total. The van der Waals surface area contributed by atoms with E-state index in [4.69, 9.17) is 0 Å². The molecular formula is C89H86N2OS6. The normalized spacial score (nSPS) is 12.8. The molecule has 0 radical (unpaired) electrons. The second kappa shape index (κ2) is 30.6. The van der Waals surface area contributed by atoms with E-state index >= 15 is 0 Å². The predicted molar refractivity (Wildman–Crippen MR) is 428 cm³/mol. The van der Waals surface area contributed by atoms with E-state index < -0.39 is 0 Å². The summed E-state index contributed by atoms with van der Waals surface area (Å²) < 4.78 is 0. The standard InChI is InChI=1S/C89H86N2OS6/c1-5-9-13-17-21-69-39-49-81(93-69)63-31-45-77-85(55-63)97-86-56-64(82-50-40-70(94-82)22-18-14-10-6-2)32-46-78(86)90(77)67-35-25-59(26-36-67)61-29-43-73-74-44-30-62(54-76(74)89(92)75(73)53-61)60-27-37-68(38-28-60)91-79-47-33-65(83-51-41-71(95-83)23-19-15-11-7-3)57-87(79)98-88-58-66(34-48-80(88)91)84-52-42-72(96-84)24-20-16-12-8-4/h25-58H,5-24H2,1-4H3. The number of unbranched alkanes of at least 4 members (excludes halogenated alkanes) is 12. The highest BCUT2D eigenvalue weighted by Gasteiger charge is 2.31. The van der Waals surface area contributed by atoms with Crippen LogP contribution in [0.3, 0.4) is 0 Å². The Morgan fingerprint density at radius 2 is 0.531 bits per heavy atom. The summed E-state index contributed by atoms with van der Waals surface area (Å²) in [6.07, 6.45) is 25.1. The quantitative estimate of drug-likeness (QED) is 0.0455. The molecule has 3 nitrogen and oxygen atoms in total. The van der Waals surface area contributed by atoms with Gasteiger partial charge in [0.1, 0.15) is 0 Å². The van der Waals surface area contributed by atoms with Crippen LogP contribution < -0.4 is 9.80 Å². The summed E-state index contributed by atoms with van der Waals surface area (Å²) in [6.45, 7) is 9.14. The lowest BCUT2D eigenvalue weighted by Gasteiger charge is -2.33. The topological polar surface area (TPSA) is 23.6 Å². The Labute approximate surface area is 606 Å². The van der Waals surface area contributed by atoms with Crippen molar-refractivity contribution in [2.75, 3.05) is 9.80 Å². The van der Waals surface area contributed by atoms with Crippen molar-refractivity contribution in [1.29, 1.82) is 0 Å². The van der Waals surface area contributed by atoms with Gasteiger partial charge in [0.25, 0.3) is 0 Å². The van der Waals surface area contributed by atoms with E-state index in [1.807, 2.05) is 68.9 Å². The van der Waals surface area contributed by atoms with E-state index in [2.05, 4.69) is 244 Å². The van der Waals surface area contributed by atoms with E-state index in [0.717, 1.165) is 81.6 Å². The zero-order valence-electron chi connectivity index (χ0n) is 57.0. The molecule has 0 fully saturated rings. The highest BCUT2D eigenvalue weighted by Crippen LogP contribution is 2.56. The van der Waals surface area contributed by atoms with E-state index in [9.17, 15) is 4.79 Å². The third-order valence-corrected chi connectivity index (χ3v) is 26.8. The molecule has 494 valence electrons. The third-order valence-electron chi connectivity index (χ3n) is 19.9. The van der Waals surface area contributed by atoms with Crippen LogP contribution in [-0.4, -0.2) is 5.78 Å². The van der Waals surface area contributed by atoms with E-state index in [1.54, 1.807) is 0 Å². The second-order valence-corrected chi connectivity index (χ2v) is 33.7. The number of hydrogen-bond acceptors (Lipinski definition) is 9. The Kier molecular flexibility index (Phi) is 20.7. The molecule has 3 aliphatic rings. The summed E-state index contributed by atoms with van der Waals surface area (Å²) in [7, 11) is 0. The van der Waals surface area contributed by atoms with Crippen molar-refractivity contribution in [3.63, 3.8) is 0 Å². The first kappa shape index (κ1) is 66.4. The molecule has 15 rings (SSSR count). The Hall–Kier alpha value is -7.47. The van der Waals surface area contributed by atoms with Gasteiger partial charge >= 0.3 is 0 Å². The predicted octanol–water partition coefficient (Wildman–Crippen LogP) is 29.5. The van der Waals surface area contributed by atoms with Gasteiger partial charge in [-0.25, -0.2) is 0 Å². The number of fused-ring (bicyclic) bond motifs is 7. The lowest BCUT2D eigenvalue weighted by atomic mass is 9.97. The summed E-state index contributed by atoms with van der Waals surface area (Å²) in [5.41, 5.74) is 19.8. The first-order valence-electron chi connectivity index (χ1n) is 36.2. The van der Waals surface area contributed by atoms with Crippen LogP contribution in [0.1, 0.15) is 166 Å². The molecule has 2 aliphatic heterocycles. The fourth-order valence-corrected chi connectivity index (χ4v) is 20.9. The Bertz CT molecular complexity index is 4310. The minimum absolute atomic E-state index is 0.0791. The highest BCUT2D eigenvalue weighted by atomic mass is 32.2. The molecule has 9 heteroatoms. The summed E-state index contributed by atoms with van der Waals surface area (Å²) in [5.74, 6) is 0.0791.